The van der Waals surface area contributed by atoms with Crippen LogP contribution < -0.4 is 5.32 Å². The summed E-state index contributed by atoms with van der Waals surface area (Å²) < 4.78 is 21.9. The summed E-state index contributed by atoms with van der Waals surface area (Å²) in [5, 5.41) is 22.5. The molecule has 2 heterocycles. The van der Waals surface area contributed by atoms with Crippen LogP contribution in [0.3, 0.4) is 0 Å². The van der Waals surface area contributed by atoms with Crippen molar-refractivity contribution in [3.63, 3.8) is 0 Å². The molecule has 2 aliphatic heterocycles. The molecular formula is C17H23NO7. The predicted molar refractivity (Wildman–Crippen MR) is 85.3 cm³/mol. The van der Waals surface area contributed by atoms with Gasteiger partial charge in [-0.05, 0) is 19.4 Å². The molecule has 8 nitrogen and oxygen atoms in total. The van der Waals surface area contributed by atoms with Crippen molar-refractivity contribution < 1.29 is 34.0 Å². The first-order chi connectivity index (χ1) is 11.9. The van der Waals surface area contributed by atoms with Gasteiger partial charge in [-0.3, -0.25) is 0 Å². The molecule has 3 N–H and O–H groups in total. The van der Waals surface area contributed by atoms with Gasteiger partial charge in [0.15, 0.2) is 12.1 Å². The molecule has 0 aromatic heterocycles. The zero-order chi connectivity index (χ0) is 18.0. The van der Waals surface area contributed by atoms with Gasteiger partial charge in [-0.2, -0.15) is 0 Å². The molecule has 3 rings (SSSR count). The van der Waals surface area contributed by atoms with E-state index in [1.165, 1.54) is 0 Å². The summed E-state index contributed by atoms with van der Waals surface area (Å²) in [7, 11) is 0. The highest BCUT2D eigenvalue weighted by molar-refractivity contribution is 5.67. The Morgan fingerprint density at radius 2 is 2.04 bits per heavy atom. The molecular weight excluding hydrogens is 330 g/mol. The van der Waals surface area contributed by atoms with Gasteiger partial charge >= 0.3 is 6.09 Å². The molecule has 5 atom stereocenters. The van der Waals surface area contributed by atoms with E-state index in [0.717, 1.165) is 5.56 Å². The van der Waals surface area contributed by atoms with Gasteiger partial charge in [-0.25, -0.2) is 4.79 Å². The lowest BCUT2D eigenvalue weighted by Gasteiger charge is -2.27. The van der Waals surface area contributed by atoms with E-state index in [-0.39, 0.29) is 6.61 Å². The molecule has 25 heavy (non-hydrogen) atoms. The Morgan fingerprint density at radius 3 is 2.68 bits per heavy atom. The second-order valence-corrected chi connectivity index (χ2v) is 6.55. The number of hydrogen-bond acceptors (Lipinski definition) is 7. The van der Waals surface area contributed by atoms with Gasteiger partial charge in [0, 0.05) is 0 Å². The summed E-state index contributed by atoms with van der Waals surface area (Å²) in [6.07, 6.45) is -4.03. The summed E-state index contributed by atoms with van der Waals surface area (Å²) in [6, 6.07) is 8.37. The number of aliphatic hydroxyl groups excluding tert-OH is 2. The van der Waals surface area contributed by atoms with E-state index in [2.05, 4.69) is 5.32 Å². The summed E-state index contributed by atoms with van der Waals surface area (Å²) in [4.78, 5) is 12.0. The topological polar surface area (TPSA) is 106 Å². The molecule has 1 aromatic carbocycles. The smallest absolute Gasteiger partial charge is 0.407 e. The van der Waals surface area contributed by atoms with Crippen molar-refractivity contribution in [3.8, 4) is 0 Å². The number of rotatable bonds is 5. The van der Waals surface area contributed by atoms with Crippen LogP contribution in [0.4, 0.5) is 4.79 Å². The number of hydrogen-bond donors (Lipinski definition) is 3. The number of nitrogens with one attached hydrogen (secondary N) is 1. The maximum Gasteiger partial charge on any atom is 0.407 e. The summed E-state index contributed by atoms with van der Waals surface area (Å²) in [6.45, 7) is 3.12. The first-order valence-corrected chi connectivity index (χ1v) is 8.17. The lowest BCUT2D eigenvalue weighted by atomic mass is 10.0. The van der Waals surface area contributed by atoms with Crippen molar-refractivity contribution in [2.75, 3.05) is 6.61 Å². The summed E-state index contributed by atoms with van der Waals surface area (Å²) >= 11 is 0. The minimum atomic E-state index is -1.04. The third kappa shape index (κ3) is 4.10. The van der Waals surface area contributed by atoms with Crippen LogP contribution in [-0.4, -0.2) is 59.3 Å². The van der Waals surface area contributed by atoms with Gasteiger partial charge in [0.05, 0.1) is 12.6 Å². The molecule has 0 saturated carbocycles. The summed E-state index contributed by atoms with van der Waals surface area (Å²) in [5.41, 5.74) is 0.842. The summed E-state index contributed by atoms with van der Waals surface area (Å²) in [5.74, 6) is -0.849. The molecule has 2 saturated heterocycles. The molecule has 8 heteroatoms. The molecule has 0 bridgehead atoms. The number of aliphatic hydroxyl groups is 2. The number of fused-ring (bicyclic) bond motifs is 1. The average molecular weight is 353 g/mol. The zero-order valence-electron chi connectivity index (χ0n) is 14.1. The molecule has 0 radical (unpaired) electrons. The third-order valence-electron chi connectivity index (χ3n) is 4.16. The number of ether oxygens (including phenoxy) is 4. The van der Waals surface area contributed by atoms with Crippen LogP contribution >= 0.6 is 0 Å². The minimum Gasteiger partial charge on any atom is -0.445 e. The lowest BCUT2D eigenvalue weighted by Crippen LogP contribution is -2.51. The second kappa shape index (κ2) is 7.27. The normalized spacial score (nSPS) is 31.4. The fourth-order valence-corrected chi connectivity index (χ4v) is 3.00. The molecule has 0 aliphatic carbocycles. The Hall–Kier alpha value is -1.71. The number of alkyl carbamates (subject to hydrolysis) is 1. The Kier molecular flexibility index (Phi) is 5.26. The monoisotopic (exact) mass is 353 g/mol. The van der Waals surface area contributed by atoms with Gasteiger partial charge in [0.1, 0.15) is 24.9 Å². The molecule has 0 spiro atoms. The fraction of sp³-hybridized carbons (Fsp3) is 0.588. The molecule has 1 aromatic rings. The quantitative estimate of drug-likeness (QED) is 0.708. The maximum atomic E-state index is 12.0. The van der Waals surface area contributed by atoms with Crippen LogP contribution in [0, 0.1) is 0 Å². The van der Waals surface area contributed by atoms with E-state index in [0.29, 0.717) is 0 Å². The van der Waals surface area contributed by atoms with E-state index in [4.69, 9.17) is 18.9 Å². The van der Waals surface area contributed by atoms with E-state index >= 15 is 0 Å². The highest BCUT2D eigenvalue weighted by Gasteiger charge is 2.56. The van der Waals surface area contributed by atoms with Crippen molar-refractivity contribution in [3.05, 3.63) is 35.9 Å². The van der Waals surface area contributed by atoms with Crippen LogP contribution in [0.1, 0.15) is 19.4 Å². The Labute approximate surface area is 145 Å². The SMILES string of the molecule is CC1(C)O[C@H]2O[C@H]([C@@H](CO)NC(=O)OCc3ccccc3)[C@H](O)[C@H]2O1. The van der Waals surface area contributed by atoms with Gasteiger partial charge < -0.3 is 34.5 Å². The number of amides is 1. The Bertz CT molecular complexity index is 594. The molecule has 0 unspecified atom stereocenters. The fourth-order valence-electron chi connectivity index (χ4n) is 3.00. The van der Waals surface area contributed by atoms with Gasteiger partial charge in [0.25, 0.3) is 0 Å². The molecule has 2 fully saturated rings. The third-order valence-corrected chi connectivity index (χ3v) is 4.16. The highest BCUT2D eigenvalue weighted by atomic mass is 16.8. The van der Waals surface area contributed by atoms with Crippen LogP contribution in [-0.2, 0) is 25.6 Å². The molecule has 2 aliphatic rings. The van der Waals surface area contributed by atoms with Crippen LogP contribution in [0.5, 0.6) is 0 Å². The van der Waals surface area contributed by atoms with Crippen LogP contribution in [0.25, 0.3) is 0 Å². The minimum absolute atomic E-state index is 0.102. The van der Waals surface area contributed by atoms with Gasteiger partial charge in [-0.1, -0.05) is 30.3 Å². The van der Waals surface area contributed by atoms with E-state index < -0.39 is 49.1 Å². The largest absolute Gasteiger partial charge is 0.445 e. The van der Waals surface area contributed by atoms with Crippen LogP contribution in [0.15, 0.2) is 30.3 Å². The number of benzene rings is 1. The Balaban J connectivity index is 1.53. The van der Waals surface area contributed by atoms with Gasteiger partial charge in [-0.15, -0.1) is 0 Å². The van der Waals surface area contributed by atoms with E-state index in [1.807, 2.05) is 30.3 Å². The van der Waals surface area contributed by atoms with Gasteiger partial charge in [0.2, 0.25) is 0 Å². The highest BCUT2D eigenvalue weighted by Crippen LogP contribution is 2.38. The molecule has 138 valence electrons. The van der Waals surface area contributed by atoms with E-state index in [1.54, 1.807) is 13.8 Å². The average Bonchev–Trinajstić information content (AvgIpc) is 3.05. The van der Waals surface area contributed by atoms with Crippen molar-refractivity contribution in [2.24, 2.45) is 0 Å². The maximum absolute atomic E-state index is 12.0. The van der Waals surface area contributed by atoms with Crippen molar-refractivity contribution in [2.45, 2.75) is 56.9 Å². The Morgan fingerprint density at radius 1 is 1.32 bits per heavy atom. The lowest BCUT2D eigenvalue weighted by molar-refractivity contribution is -0.218. The van der Waals surface area contributed by atoms with E-state index in [9.17, 15) is 15.0 Å². The molecule has 1 amide bonds. The second-order valence-electron chi connectivity index (χ2n) is 6.55. The van der Waals surface area contributed by atoms with Crippen molar-refractivity contribution in [1.29, 1.82) is 0 Å². The first-order valence-electron chi connectivity index (χ1n) is 8.17. The number of carbonyl (C=O) groups excluding carboxylic acids is 1. The standard InChI is InChI=1S/C17H23NO7/c1-17(2)24-14-12(20)13(23-15(14)25-17)11(8-19)18-16(21)22-9-10-6-4-3-5-7-10/h3-7,11-15,19-20H,8-9H2,1-2H3,(H,18,21)/t11-,12+,13-,14-,15-/m1/s1. The zero-order valence-corrected chi connectivity index (χ0v) is 14.1. The van der Waals surface area contributed by atoms with Crippen molar-refractivity contribution in [1.82, 2.24) is 5.32 Å². The number of carbonyl (C=O) groups is 1. The predicted octanol–water partition coefficient (Wildman–Crippen LogP) is 0.511. The van der Waals surface area contributed by atoms with Crippen LogP contribution in [0.2, 0.25) is 0 Å². The van der Waals surface area contributed by atoms with Crippen molar-refractivity contribution >= 4 is 6.09 Å². The first kappa shape index (κ1) is 18.1.